The van der Waals surface area contributed by atoms with Gasteiger partial charge >= 0.3 is 0 Å². The Labute approximate surface area is 140 Å². The SMILES string of the molecule is O=C(Cc1noc2ccccc12)NC1CCN(C(=O)C2CC2)CC1. The summed E-state index contributed by atoms with van der Waals surface area (Å²) >= 11 is 0. The van der Waals surface area contributed by atoms with Crippen LogP contribution in [0.25, 0.3) is 11.0 Å². The molecule has 1 aromatic carbocycles. The maximum Gasteiger partial charge on any atom is 0.226 e. The van der Waals surface area contributed by atoms with Gasteiger partial charge in [-0.05, 0) is 37.8 Å². The normalized spacial score (nSPS) is 18.8. The first-order valence-electron chi connectivity index (χ1n) is 8.62. The number of nitrogens with zero attached hydrogens (tertiary/aromatic N) is 2. The Morgan fingerprint density at radius 3 is 2.67 bits per heavy atom. The molecular formula is C18H21N3O3. The van der Waals surface area contributed by atoms with Gasteiger partial charge in [-0.3, -0.25) is 9.59 Å². The lowest BCUT2D eigenvalue weighted by molar-refractivity contribution is -0.133. The highest BCUT2D eigenvalue weighted by atomic mass is 16.5. The van der Waals surface area contributed by atoms with Crippen LogP contribution in [0.1, 0.15) is 31.4 Å². The molecule has 24 heavy (non-hydrogen) atoms. The van der Waals surface area contributed by atoms with Crippen LogP contribution in [0.3, 0.4) is 0 Å². The van der Waals surface area contributed by atoms with E-state index in [9.17, 15) is 9.59 Å². The Morgan fingerprint density at radius 2 is 1.92 bits per heavy atom. The minimum absolute atomic E-state index is 0.0407. The first-order chi connectivity index (χ1) is 11.7. The Balaban J connectivity index is 1.30. The highest BCUT2D eigenvalue weighted by molar-refractivity contribution is 5.86. The Bertz CT molecular complexity index is 758. The molecule has 2 aliphatic rings. The number of rotatable bonds is 4. The highest BCUT2D eigenvalue weighted by Gasteiger charge is 2.35. The Kier molecular flexibility index (Phi) is 3.96. The molecule has 1 aromatic heterocycles. The quantitative estimate of drug-likeness (QED) is 0.930. The van der Waals surface area contributed by atoms with E-state index in [1.807, 2.05) is 29.2 Å². The van der Waals surface area contributed by atoms with Crippen molar-refractivity contribution in [1.29, 1.82) is 0 Å². The molecule has 2 fully saturated rings. The number of piperidine rings is 1. The summed E-state index contributed by atoms with van der Waals surface area (Å²) in [6, 6.07) is 7.69. The third-order valence-corrected chi connectivity index (χ3v) is 4.88. The van der Waals surface area contributed by atoms with Crippen LogP contribution < -0.4 is 5.32 Å². The molecule has 1 aliphatic heterocycles. The molecule has 2 aromatic rings. The van der Waals surface area contributed by atoms with Crippen molar-refractivity contribution in [2.45, 2.75) is 38.1 Å². The minimum Gasteiger partial charge on any atom is -0.356 e. The third-order valence-electron chi connectivity index (χ3n) is 4.88. The zero-order valence-corrected chi connectivity index (χ0v) is 13.5. The number of likely N-dealkylation sites (tertiary alicyclic amines) is 1. The first kappa shape index (κ1) is 15.2. The molecule has 1 aliphatic carbocycles. The van der Waals surface area contributed by atoms with Crippen LogP contribution >= 0.6 is 0 Å². The molecule has 2 heterocycles. The van der Waals surface area contributed by atoms with Crippen molar-refractivity contribution < 1.29 is 14.1 Å². The second kappa shape index (κ2) is 6.26. The van der Waals surface area contributed by atoms with Crippen molar-refractivity contribution in [2.75, 3.05) is 13.1 Å². The second-order valence-electron chi connectivity index (χ2n) is 6.74. The van der Waals surface area contributed by atoms with E-state index in [-0.39, 0.29) is 24.3 Å². The van der Waals surface area contributed by atoms with Crippen LogP contribution in [0.5, 0.6) is 0 Å². The van der Waals surface area contributed by atoms with Gasteiger partial charge in [0.25, 0.3) is 0 Å². The molecule has 4 rings (SSSR count). The van der Waals surface area contributed by atoms with E-state index in [4.69, 9.17) is 4.52 Å². The largest absolute Gasteiger partial charge is 0.356 e. The number of fused-ring (bicyclic) bond motifs is 1. The van der Waals surface area contributed by atoms with Crippen molar-refractivity contribution in [3.63, 3.8) is 0 Å². The van der Waals surface area contributed by atoms with Crippen LogP contribution in [0.4, 0.5) is 0 Å². The maximum absolute atomic E-state index is 12.3. The van der Waals surface area contributed by atoms with Gasteiger partial charge in [0.1, 0.15) is 5.69 Å². The summed E-state index contributed by atoms with van der Waals surface area (Å²) in [7, 11) is 0. The van der Waals surface area contributed by atoms with Crippen molar-refractivity contribution in [2.24, 2.45) is 5.92 Å². The van der Waals surface area contributed by atoms with Gasteiger partial charge in [0, 0.05) is 30.4 Å². The number of para-hydroxylation sites is 1. The number of benzene rings is 1. The zero-order valence-electron chi connectivity index (χ0n) is 13.5. The van der Waals surface area contributed by atoms with Crippen molar-refractivity contribution in [3.8, 4) is 0 Å². The molecule has 0 spiro atoms. The Morgan fingerprint density at radius 1 is 1.17 bits per heavy atom. The molecular weight excluding hydrogens is 306 g/mol. The van der Waals surface area contributed by atoms with Crippen LogP contribution in [0.2, 0.25) is 0 Å². The minimum atomic E-state index is -0.0407. The summed E-state index contributed by atoms with van der Waals surface area (Å²) in [5.41, 5.74) is 1.37. The monoisotopic (exact) mass is 327 g/mol. The summed E-state index contributed by atoms with van der Waals surface area (Å²) in [4.78, 5) is 26.3. The number of aromatic nitrogens is 1. The number of nitrogens with one attached hydrogen (secondary N) is 1. The van der Waals surface area contributed by atoms with E-state index < -0.39 is 0 Å². The maximum atomic E-state index is 12.3. The van der Waals surface area contributed by atoms with Crippen LogP contribution in [0, 0.1) is 5.92 Å². The van der Waals surface area contributed by atoms with Crippen molar-refractivity contribution in [1.82, 2.24) is 15.4 Å². The van der Waals surface area contributed by atoms with E-state index in [0.717, 1.165) is 44.2 Å². The number of amides is 2. The molecule has 6 nitrogen and oxygen atoms in total. The number of carbonyl (C=O) groups excluding carboxylic acids is 2. The van der Waals surface area contributed by atoms with E-state index in [1.165, 1.54) is 0 Å². The average Bonchev–Trinajstić information content (AvgIpc) is 3.38. The van der Waals surface area contributed by atoms with Crippen LogP contribution in [0.15, 0.2) is 28.8 Å². The van der Waals surface area contributed by atoms with Gasteiger partial charge in [0.2, 0.25) is 11.8 Å². The van der Waals surface area contributed by atoms with E-state index >= 15 is 0 Å². The van der Waals surface area contributed by atoms with E-state index in [0.29, 0.717) is 17.2 Å². The van der Waals surface area contributed by atoms with E-state index in [1.54, 1.807) is 0 Å². The molecule has 1 N–H and O–H groups in total. The van der Waals surface area contributed by atoms with Gasteiger partial charge in [0.15, 0.2) is 5.58 Å². The first-order valence-corrected chi connectivity index (χ1v) is 8.62. The molecule has 2 amide bonds. The lowest BCUT2D eigenvalue weighted by Crippen LogP contribution is -2.47. The summed E-state index contributed by atoms with van der Waals surface area (Å²) in [5.74, 6) is 0.534. The lowest BCUT2D eigenvalue weighted by Gasteiger charge is -2.32. The van der Waals surface area contributed by atoms with Crippen LogP contribution in [-0.2, 0) is 16.0 Å². The summed E-state index contributed by atoms with van der Waals surface area (Å²) in [6.07, 6.45) is 3.95. The molecule has 1 saturated carbocycles. The van der Waals surface area contributed by atoms with Crippen molar-refractivity contribution in [3.05, 3.63) is 30.0 Å². The van der Waals surface area contributed by atoms with Gasteiger partial charge < -0.3 is 14.7 Å². The van der Waals surface area contributed by atoms with Gasteiger partial charge in [-0.2, -0.15) is 0 Å². The van der Waals surface area contributed by atoms with Gasteiger partial charge in [-0.1, -0.05) is 17.3 Å². The molecule has 0 atom stereocenters. The fraction of sp³-hybridized carbons (Fsp3) is 0.500. The standard InChI is InChI=1S/C18H21N3O3/c22-17(11-15-14-3-1-2-4-16(14)24-20-15)19-13-7-9-21(10-8-13)18(23)12-5-6-12/h1-4,12-13H,5-11H2,(H,19,22). The number of hydrogen-bond acceptors (Lipinski definition) is 4. The molecule has 1 saturated heterocycles. The molecule has 0 bridgehead atoms. The van der Waals surface area contributed by atoms with Gasteiger partial charge in [-0.15, -0.1) is 0 Å². The predicted octanol–water partition coefficient (Wildman–Crippen LogP) is 1.89. The summed E-state index contributed by atoms with van der Waals surface area (Å²) < 4.78 is 5.23. The van der Waals surface area contributed by atoms with Gasteiger partial charge in [-0.25, -0.2) is 0 Å². The molecule has 0 unspecified atom stereocenters. The fourth-order valence-electron chi connectivity index (χ4n) is 3.33. The Hall–Kier alpha value is -2.37. The van der Waals surface area contributed by atoms with Gasteiger partial charge in [0.05, 0.1) is 6.42 Å². The lowest BCUT2D eigenvalue weighted by atomic mass is 10.0. The predicted molar refractivity (Wildman–Crippen MR) is 88.2 cm³/mol. The molecule has 0 radical (unpaired) electrons. The summed E-state index contributed by atoms with van der Waals surface area (Å²) in [5, 5.41) is 7.96. The third kappa shape index (κ3) is 3.13. The summed E-state index contributed by atoms with van der Waals surface area (Å²) in [6.45, 7) is 1.49. The number of hydrogen-bond donors (Lipinski definition) is 1. The molecule has 126 valence electrons. The fourth-order valence-corrected chi connectivity index (χ4v) is 3.33. The average molecular weight is 327 g/mol. The molecule has 6 heteroatoms. The van der Waals surface area contributed by atoms with E-state index in [2.05, 4.69) is 10.5 Å². The van der Waals surface area contributed by atoms with Crippen LogP contribution in [-0.4, -0.2) is 41.0 Å². The zero-order chi connectivity index (χ0) is 16.5. The topological polar surface area (TPSA) is 75.4 Å². The smallest absolute Gasteiger partial charge is 0.226 e. The highest BCUT2D eigenvalue weighted by Crippen LogP contribution is 2.31. The van der Waals surface area contributed by atoms with Crippen molar-refractivity contribution >= 4 is 22.8 Å². The second-order valence-corrected chi connectivity index (χ2v) is 6.74. The number of carbonyl (C=O) groups is 2.